The molecule has 1 saturated carbocycles. The second kappa shape index (κ2) is 6.95. The smallest absolute Gasteiger partial charge is 0.238 e. The molecule has 0 radical (unpaired) electrons. The van der Waals surface area contributed by atoms with Crippen LogP contribution in [0, 0.1) is 0 Å². The minimum absolute atomic E-state index is 0.113. The Labute approximate surface area is 166 Å². The van der Waals surface area contributed by atoms with Crippen LogP contribution in [-0.4, -0.2) is 60.0 Å². The highest BCUT2D eigenvalue weighted by atomic mass is 32.2. The van der Waals surface area contributed by atoms with Gasteiger partial charge in [-0.1, -0.05) is 12.8 Å². The van der Waals surface area contributed by atoms with Gasteiger partial charge >= 0.3 is 0 Å². The highest BCUT2D eigenvalue weighted by molar-refractivity contribution is 7.88. The minimum atomic E-state index is -3.14. The standard InChI is InChI=1S/C19H29N5O3S/c1-19(2)15-12-20-18(21-13-8-10-23(11-9-13)28(3,26)27)22-16(15)24(17(19)25)14-6-4-5-7-14/h12-14H,4-11H2,1-3H3,(H,20,21,22). The molecule has 1 aromatic heterocycles. The van der Waals surface area contributed by atoms with Crippen molar-refractivity contribution in [1.29, 1.82) is 0 Å². The third-order valence-corrected chi connectivity index (χ3v) is 7.67. The fourth-order valence-corrected chi connectivity index (χ4v) is 5.47. The van der Waals surface area contributed by atoms with Crippen LogP contribution in [0.4, 0.5) is 11.8 Å². The summed E-state index contributed by atoms with van der Waals surface area (Å²) in [6, 6.07) is 0.356. The molecular formula is C19H29N5O3S. The zero-order chi connectivity index (χ0) is 20.1. The molecule has 9 heteroatoms. The second-order valence-electron chi connectivity index (χ2n) is 8.75. The van der Waals surface area contributed by atoms with E-state index in [-0.39, 0.29) is 18.0 Å². The average Bonchev–Trinajstić information content (AvgIpc) is 3.21. The van der Waals surface area contributed by atoms with Crippen LogP contribution in [0.3, 0.4) is 0 Å². The van der Waals surface area contributed by atoms with E-state index in [1.54, 1.807) is 6.20 Å². The molecule has 1 amide bonds. The van der Waals surface area contributed by atoms with Crippen LogP contribution in [0.1, 0.15) is 57.9 Å². The van der Waals surface area contributed by atoms with Gasteiger partial charge in [0.15, 0.2) is 0 Å². The fourth-order valence-electron chi connectivity index (χ4n) is 4.59. The van der Waals surface area contributed by atoms with Crippen molar-refractivity contribution in [1.82, 2.24) is 14.3 Å². The Kier molecular flexibility index (Phi) is 4.86. The van der Waals surface area contributed by atoms with Crippen molar-refractivity contribution in [2.75, 3.05) is 29.6 Å². The molecule has 1 aromatic rings. The summed E-state index contributed by atoms with van der Waals surface area (Å²) in [5, 5.41) is 3.35. The van der Waals surface area contributed by atoms with Crippen molar-refractivity contribution in [2.45, 2.75) is 69.9 Å². The lowest BCUT2D eigenvalue weighted by Crippen LogP contribution is -2.42. The van der Waals surface area contributed by atoms with Gasteiger partial charge in [-0.15, -0.1) is 0 Å². The van der Waals surface area contributed by atoms with Crippen molar-refractivity contribution < 1.29 is 13.2 Å². The monoisotopic (exact) mass is 407 g/mol. The Morgan fingerprint density at radius 1 is 1.14 bits per heavy atom. The summed E-state index contributed by atoms with van der Waals surface area (Å²) in [7, 11) is -3.14. The van der Waals surface area contributed by atoms with E-state index in [4.69, 9.17) is 4.98 Å². The summed E-state index contributed by atoms with van der Waals surface area (Å²) in [5.74, 6) is 1.38. The minimum Gasteiger partial charge on any atom is -0.351 e. The number of sulfonamides is 1. The van der Waals surface area contributed by atoms with Crippen LogP contribution in [0.2, 0.25) is 0 Å². The van der Waals surface area contributed by atoms with Gasteiger partial charge in [-0.2, -0.15) is 4.98 Å². The number of hydrogen-bond acceptors (Lipinski definition) is 6. The molecule has 1 saturated heterocycles. The van der Waals surface area contributed by atoms with Crippen LogP contribution in [0.15, 0.2) is 6.20 Å². The summed E-state index contributed by atoms with van der Waals surface area (Å²) in [4.78, 5) is 24.2. The van der Waals surface area contributed by atoms with Gasteiger partial charge in [-0.25, -0.2) is 17.7 Å². The molecule has 1 N–H and O–H groups in total. The van der Waals surface area contributed by atoms with Crippen molar-refractivity contribution in [3.8, 4) is 0 Å². The quantitative estimate of drug-likeness (QED) is 0.819. The second-order valence-corrected chi connectivity index (χ2v) is 10.7. The van der Waals surface area contributed by atoms with Gasteiger partial charge in [-0.3, -0.25) is 9.69 Å². The van der Waals surface area contributed by atoms with E-state index in [0.29, 0.717) is 31.9 Å². The number of carbonyl (C=O) groups excluding carboxylic acids is 1. The normalized spacial score (nSPS) is 24.0. The van der Waals surface area contributed by atoms with E-state index in [1.807, 2.05) is 18.7 Å². The Morgan fingerprint density at radius 2 is 1.79 bits per heavy atom. The number of carbonyl (C=O) groups is 1. The lowest BCUT2D eigenvalue weighted by Gasteiger charge is -2.30. The molecule has 154 valence electrons. The Hall–Kier alpha value is -1.74. The molecule has 0 bridgehead atoms. The Balaban J connectivity index is 1.53. The molecule has 0 unspecified atom stereocenters. The van der Waals surface area contributed by atoms with E-state index < -0.39 is 15.4 Å². The first-order valence-electron chi connectivity index (χ1n) is 10.1. The van der Waals surface area contributed by atoms with E-state index in [9.17, 15) is 13.2 Å². The molecule has 28 heavy (non-hydrogen) atoms. The molecule has 2 aliphatic heterocycles. The van der Waals surface area contributed by atoms with Crippen LogP contribution < -0.4 is 10.2 Å². The largest absolute Gasteiger partial charge is 0.351 e. The highest BCUT2D eigenvalue weighted by Crippen LogP contribution is 2.43. The molecule has 0 spiro atoms. The van der Waals surface area contributed by atoms with Crippen molar-refractivity contribution >= 4 is 27.7 Å². The van der Waals surface area contributed by atoms with E-state index in [2.05, 4.69) is 10.3 Å². The first kappa shape index (κ1) is 19.6. The maximum Gasteiger partial charge on any atom is 0.238 e. The van der Waals surface area contributed by atoms with Crippen LogP contribution in [0.5, 0.6) is 0 Å². The third kappa shape index (κ3) is 3.39. The zero-order valence-corrected chi connectivity index (χ0v) is 17.6. The van der Waals surface area contributed by atoms with Crippen LogP contribution in [0.25, 0.3) is 0 Å². The summed E-state index contributed by atoms with van der Waals surface area (Å²) in [5.41, 5.74) is 0.291. The van der Waals surface area contributed by atoms with Crippen molar-refractivity contribution in [3.63, 3.8) is 0 Å². The third-order valence-electron chi connectivity index (χ3n) is 6.37. The predicted octanol–water partition coefficient (Wildman–Crippen LogP) is 1.88. The summed E-state index contributed by atoms with van der Waals surface area (Å²) < 4.78 is 24.9. The summed E-state index contributed by atoms with van der Waals surface area (Å²) in [6.07, 6.45) is 8.81. The Morgan fingerprint density at radius 3 is 2.39 bits per heavy atom. The number of fused-ring (bicyclic) bond motifs is 1. The molecule has 3 heterocycles. The molecule has 0 atom stereocenters. The topological polar surface area (TPSA) is 95.5 Å². The average molecular weight is 408 g/mol. The Bertz CT molecular complexity index is 872. The van der Waals surface area contributed by atoms with Gasteiger partial charge in [0.25, 0.3) is 0 Å². The molecule has 2 fully saturated rings. The van der Waals surface area contributed by atoms with Gasteiger partial charge in [0.2, 0.25) is 21.9 Å². The lowest BCUT2D eigenvalue weighted by atomic mass is 9.88. The number of anilines is 2. The van der Waals surface area contributed by atoms with Gasteiger partial charge in [0.1, 0.15) is 5.82 Å². The molecule has 0 aromatic carbocycles. The lowest BCUT2D eigenvalue weighted by molar-refractivity contribution is -0.122. The van der Waals surface area contributed by atoms with Crippen LogP contribution >= 0.6 is 0 Å². The van der Waals surface area contributed by atoms with E-state index >= 15 is 0 Å². The molecule has 3 aliphatic rings. The number of hydrogen-bond donors (Lipinski definition) is 1. The summed E-state index contributed by atoms with van der Waals surface area (Å²) in [6.45, 7) is 4.89. The van der Waals surface area contributed by atoms with E-state index in [0.717, 1.165) is 37.1 Å². The highest BCUT2D eigenvalue weighted by Gasteiger charge is 2.48. The van der Waals surface area contributed by atoms with Crippen molar-refractivity contribution in [2.24, 2.45) is 0 Å². The number of nitrogens with one attached hydrogen (secondary N) is 1. The van der Waals surface area contributed by atoms with Gasteiger partial charge in [-0.05, 0) is 39.5 Å². The van der Waals surface area contributed by atoms with Gasteiger partial charge in [0, 0.05) is 36.9 Å². The molecule has 1 aliphatic carbocycles. The summed E-state index contributed by atoms with van der Waals surface area (Å²) >= 11 is 0. The molecule has 4 rings (SSSR count). The van der Waals surface area contributed by atoms with Gasteiger partial charge < -0.3 is 5.32 Å². The number of piperidine rings is 1. The first-order valence-corrected chi connectivity index (χ1v) is 12.0. The first-order chi connectivity index (χ1) is 13.2. The number of amides is 1. The number of rotatable bonds is 4. The molecule has 8 nitrogen and oxygen atoms in total. The van der Waals surface area contributed by atoms with Crippen LogP contribution in [-0.2, 0) is 20.2 Å². The predicted molar refractivity (Wildman–Crippen MR) is 108 cm³/mol. The zero-order valence-electron chi connectivity index (χ0n) is 16.8. The van der Waals surface area contributed by atoms with Crippen molar-refractivity contribution in [3.05, 3.63) is 11.8 Å². The SMILES string of the molecule is CC1(C)C(=O)N(C2CCCC2)c2nc(NC3CCN(S(C)(=O)=O)CC3)ncc21. The van der Waals surface area contributed by atoms with E-state index in [1.165, 1.54) is 10.6 Å². The molecular weight excluding hydrogens is 378 g/mol. The maximum atomic E-state index is 13.1. The maximum absolute atomic E-state index is 13.1. The number of nitrogens with zero attached hydrogens (tertiary/aromatic N) is 4. The number of aromatic nitrogens is 2. The van der Waals surface area contributed by atoms with Gasteiger partial charge in [0.05, 0.1) is 11.7 Å². The fraction of sp³-hybridized carbons (Fsp3) is 0.737.